The lowest BCUT2D eigenvalue weighted by Crippen LogP contribution is -2.16. The summed E-state index contributed by atoms with van der Waals surface area (Å²) >= 11 is 0. The van der Waals surface area contributed by atoms with E-state index in [0.717, 1.165) is 13.0 Å². The molecule has 0 aliphatic heterocycles. The van der Waals surface area contributed by atoms with Gasteiger partial charge in [-0.1, -0.05) is 42.8 Å². The van der Waals surface area contributed by atoms with E-state index < -0.39 is 0 Å². The van der Waals surface area contributed by atoms with Crippen molar-refractivity contribution in [1.29, 1.82) is 0 Å². The summed E-state index contributed by atoms with van der Waals surface area (Å²) in [7, 11) is 4.29. The molecule has 1 unspecified atom stereocenters. The maximum atomic E-state index is 2.51. The molecule has 1 aromatic rings. The Bertz CT molecular complexity index is 404. The molecule has 1 atom stereocenters. The summed E-state index contributed by atoms with van der Waals surface area (Å²) in [5.41, 5.74) is 4.70. The molecule has 0 bridgehead atoms. The lowest BCUT2D eigenvalue weighted by Gasteiger charge is -2.24. The van der Waals surface area contributed by atoms with E-state index in [2.05, 4.69) is 56.3 Å². The summed E-state index contributed by atoms with van der Waals surface area (Å²) in [5.74, 6) is 0.636. The maximum Gasteiger partial charge on any atom is 0.00209 e. The Balaban J connectivity index is 2.15. The van der Waals surface area contributed by atoms with E-state index in [-0.39, 0.29) is 0 Å². The smallest absolute Gasteiger partial charge is 0.00209 e. The number of benzene rings is 1. The first-order valence-corrected chi connectivity index (χ1v) is 6.62. The van der Waals surface area contributed by atoms with Gasteiger partial charge in [0.25, 0.3) is 0 Å². The molecular weight excluding hydrogens is 206 g/mol. The Labute approximate surface area is 105 Å². The fourth-order valence-electron chi connectivity index (χ4n) is 2.61. The van der Waals surface area contributed by atoms with E-state index in [0.29, 0.717) is 5.92 Å². The van der Waals surface area contributed by atoms with Crippen molar-refractivity contribution in [1.82, 2.24) is 4.90 Å². The predicted molar refractivity (Wildman–Crippen MR) is 74.4 cm³/mol. The molecule has 0 saturated carbocycles. The van der Waals surface area contributed by atoms with Crippen LogP contribution in [0.15, 0.2) is 35.9 Å². The zero-order valence-corrected chi connectivity index (χ0v) is 11.2. The van der Waals surface area contributed by atoms with Gasteiger partial charge in [0.05, 0.1) is 0 Å². The normalized spacial score (nSPS) is 19.1. The second-order valence-electron chi connectivity index (χ2n) is 5.27. The molecule has 0 aromatic heterocycles. The van der Waals surface area contributed by atoms with Crippen LogP contribution in [0.4, 0.5) is 0 Å². The van der Waals surface area contributed by atoms with Gasteiger partial charge in [-0.3, -0.25) is 0 Å². The Morgan fingerprint density at radius 3 is 2.71 bits per heavy atom. The fourth-order valence-corrected chi connectivity index (χ4v) is 2.61. The highest BCUT2D eigenvalue weighted by Crippen LogP contribution is 2.33. The van der Waals surface area contributed by atoms with Crippen LogP contribution in [0.5, 0.6) is 0 Å². The topological polar surface area (TPSA) is 3.24 Å². The largest absolute Gasteiger partial charge is 0.309 e. The van der Waals surface area contributed by atoms with Crippen molar-refractivity contribution in [2.75, 3.05) is 20.6 Å². The van der Waals surface area contributed by atoms with E-state index in [1.165, 1.54) is 18.4 Å². The molecule has 0 amide bonds. The third-order valence-electron chi connectivity index (χ3n) is 3.63. The Kier molecular flexibility index (Phi) is 4.01. The molecule has 92 valence electrons. The standard InChI is InChI=1S/C16H23N/c1-4-14-11-13(9-10-17(2)3)12-15-7-5-6-8-16(14)15/h5-8,11,14H,4,9-10,12H2,1-3H3. The quantitative estimate of drug-likeness (QED) is 0.713. The SMILES string of the molecule is CCC1C=C(CCN(C)C)Cc2ccccc21. The Morgan fingerprint density at radius 2 is 2.00 bits per heavy atom. The molecular formula is C16H23N. The Hall–Kier alpha value is -1.08. The van der Waals surface area contributed by atoms with Crippen molar-refractivity contribution in [3.63, 3.8) is 0 Å². The van der Waals surface area contributed by atoms with E-state index in [1.54, 1.807) is 11.1 Å². The van der Waals surface area contributed by atoms with Crippen LogP contribution in [0.1, 0.15) is 36.8 Å². The molecule has 1 aliphatic carbocycles. The first-order valence-electron chi connectivity index (χ1n) is 6.62. The highest BCUT2D eigenvalue weighted by Gasteiger charge is 2.17. The minimum Gasteiger partial charge on any atom is -0.309 e. The lowest BCUT2D eigenvalue weighted by molar-refractivity contribution is 0.411. The number of fused-ring (bicyclic) bond motifs is 1. The molecule has 0 N–H and O–H groups in total. The van der Waals surface area contributed by atoms with Crippen LogP contribution < -0.4 is 0 Å². The molecule has 2 rings (SSSR count). The fraction of sp³-hybridized carbons (Fsp3) is 0.500. The molecule has 0 saturated heterocycles. The van der Waals surface area contributed by atoms with Crippen molar-refractivity contribution in [3.05, 3.63) is 47.0 Å². The van der Waals surface area contributed by atoms with Crippen LogP contribution >= 0.6 is 0 Å². The van der Waals surface area contributed by atoms with Crippen molar-refractivity contribution < 1.29 is 0 Å². The molecule has 17 heavy (non-hydrogen) atoms. The average Bonchev–Trinajstić information content (AvgIpc) is 2.35. The number of hydrogen-bond donors (Lipinski definition) is 0. The number of rotatable bonds is 4. The maximum absolute atomic E-state index is 2.51. The zero-order valence-electron chi connectivity index (χ0n) is 11.2. The summed E-state index contributed by atoms with van der Waals surface area (Å²) < 4.78 is 0. The number of nitrogens with zero attached hydrogens (tertiary/aromatic N) is 1. The second-order valence-corrected chi connectivity index (χ2v) is 5.27. The van der Waals surface area contributed by atoms with Gasteiger partial charge in [0.1, 0.15) is 0 Å². The molecule has 1 heteroatoms. The van der Waals surface area contributed by atoms with E-state index in [1.807, 2.05) is 0 Å². The lowest BCUT2D eigenvalue weighted by atomic mass is 9.82. The number of allylic oxidation sites excluding steroid dienone is 1. The first-order chi connectivity index (χ1) is 8.20. The van der Waals surface area contributed by atoms with E-state index in [4.69, 9.17) is 0 Å². The van der Waals surface area contributed by atoms with Gasteiger partial charge in [0.2, 0.25) is 0 Å². The van der Waals surface area contributed by atoms with E-state index in [9.17, 15) is 0 Å². The third kappa shape index (κ3) is 2.98. The van der Waals surface area contributed by atoms with Crippen LogP contribution in [-0.4, -0.2) is 25.5 Å². The van der Waals surface area contributed by atoms with Gasteiger partial charge in [-0.2, -0.15) is 0 Å². The highest BCUT2D eigenvalue weighted by molar-refractivity contribution is 5.40. The van der Waals surface area contributed by atoms with Crippen LogP contribution in [0.25, 0.3) is 0 Å². The zero-order chi connectivity index (χ0) is 12.3. The summed E-state index contributed by atoms with van der Waals surface area (Å²) in [6.45, 7) is 3.44. The molecule has 0 spiro atoms. The van der Waals surface area contributed by atoms with Gasteiger partial charge in [-0.05, 0) is 44.5 Å². The minimum atomic E-state index is 0.636. The van der Waals surface area contributed by atoms with Crippen molar-refractivity contribution in [3.8, 4) is 0 Å². The second kappa shape index (κ2) is 5.50. The van der Waals surface area contributed by atoms with Crippen LogP contribution in [0.2, 0.25) is 0 Å². The Morgan fingerprint density at radius 1 is 1.24 bits per heavy atom. The van der Waals surface area contributed by atoms with Gasteiger partial charge in [0, 0.05) is 12.5 Å². The molecule has 0 radical (unpaired) electrons. The van der Waals surface area contributed by atoms with Gasteiger partial charge in [-0.25, -0.2) is 0 Å². The third-order valence-corrected chi connectivity index (χ3v) is 3.63. The van der Waals surface area contributed by atoms with Crippen molar-refractivity contribution >= 4 is 0 Å². The van der Waals surface area contributed by atoms with Gasteiger partial charge in [-0.15, -0.1) is 0 Å². The summed E-state index contributed by atoms with van der Waals surface area (Å²) in [4.78, 5) is 2.27. The molecule has 1 nitrogen and oxygen atoms in total. The highest BCUT2D eigenvalue weighted by atomic mass is 15.0. The molecule has 0 heterocycles. The van der Waals surface area contributed by atoms with Crippen molar-refractivity contribution in [2.45, 2.75) is 32.1 Å². The average molecular weight is 229 g/mol. The van der Waals surface area contributed by atoms with Crippen LogP contribution in [-0.2, 0) is 6.42 Å². The molecule has 1 aliphatic rings. The molecule has 1 aromatic carbocycles. The predicted octanol–water partition coefficient (Wildman–Crippen LogP) is 3.61. The minimum absolute atomic E-state index is 0.636. The van der Waals surface area contributed by atoms with E-state index >= 15 is 0 Å². The summed E-state index contributed by atoms with van der Waals surface area (Å²) in [6.07, 6.45) is 6.08. The monoisotopic (exact) mass is 229 g/mol. The van der Waals surface area contributed by atoms with Crippen molar-refractivity contribution in [2.24, 2.45) is 0 Å². The molecule has 0 fully saturated rings. The number of hydrogen-bond acceptors (Lipinski definition) is 1. The van der Waals surface area contributed by atoms with Gasteiger partial charge in [0.15, 0.2) is 0 Å². The van der Waals surface area contributed by atoms with Gasteiger partial charge < -0.3 is 4.90 Å². The van der Waals surface area contributed by atoms with Crippen LogP contribution in [0.3, 0.4) is 0 Å². The van der Waals surface area contributed by atoms with Gasteiger partial charge >= 0.3 is 0 Å². The summed E-state index contributed by atoms with van der Waals surface area (Å²) in [6, 6.07) is 8.92. The summed E-state index contributed by atoms with van der Waals surface area (Å²) in [5, 5.41) is 0. The first kappa shape index (κ1) is 12.4. The van der Waals surface area contributed by atoms with Crippen LogP contribution in [0, 0.1) is 0 Å².